The first-order valence-electron chi connectivity index (χ1n) is 4.79. The van der Waals surface area contributed by atoms with E-state index in [9.17, 15) is 5.11 Å². The quantitative estimate of drug-likeness (QED) is 0.371. The minimum Gasteiger partial charge on any atom is -0.377 e. The summed E-state index contributed by atoms with van der Waals surface area (Å²) in [6.07, 6.45) is -0.433. The van der Waals surface area contributed by atoms with Gasteiger partial charge >= 0.3 is 0 Å². The van der Waals surface area contributed by atoms with E-state index in [0.717, 1.165) is 13.2 Å². The molecule has 2 heterocycles. The van der Waals surface area contributed by atoms with Crippen LogP contribution in [-0.2, 0) is 0 Å². The zero-order valence-corrected chi connectivity index (χ0v) is 7.90. The van der Waals surface area contributed by atoms with Crippen molar-refractivity contribution in [2.75, 3.05) is 26.8 Å². The van der Waals surface area contributed by atoms with Gasteiger partial charge in [-0.3, -0.25) is 10.2 Å². The number of fused-ring (bicyclic) bond motifs is 1. The van der Waals surface area contributed by atoms with Crippen LogP contribution in [-0.4, -0.2) is 55.1 Å². The van der Waals surface area contributed by atoms with E-state index < -0.39 is 6.23 Å². The van der Waals surface area contributed by atoms with Crippen LogP contribution >= 0.6 is 0 Å². The highest BCUT2D eigenvalue weighted by Gasteiger charge is 2.43. The third-order valence-electron chi connectivity index (χ3n) is 3.17. The van der Waals surface area contributed by atoms with Crippen LogP contribution in [0.2, 0.25) is 0 Å². The van der Waals surface area contributed by atoms with E-state index in [0.29, 0.717) is 18.5 Å². The van der Waals surface area contributed by atoms with Gasteiger partial charge in [0.05, 0.1) is 12.7 Å². The molecule has 0 saturated carbocycles. The first-order chi connectivity index (χ1) is 6.24. The lowest BCUT2D eigenvalue weighted by Gasteiger charge is -2.40. The lowest BCUT2D eigenvalue weighted by atomic mass is 9.95. The van der Waals surface area contributed by atoms with Gasteiger partial charge in [-0.05, 0) is 13.6 Å². The smallest absolute Gasteiger partial charge is 0.122 e. The van der Waals surface area contributed by atoms with Gasteiger partial charge in [0, 0.05) is 18.5 Å². The van der Waals surface area contributed by atoms with Crippen LogP contribution in [0, 0.1) is 5.92 Å². The summed E-state index contributed by atoms with van der Waals surface area (Å²) in [6, 6.07) is 0.508. The number of rotatable bonds is 1. The molecule has 2 saturated heterocycles. The number of nitrogens with two attached hydrogens (primary N) is 1. The number of nitrogens with one attached hydrogen (secondary N) is 2. The van der Waals surface area contributed by atoms with E-state index in [-0.39, 0.29) is 6.04 Å². The Hall–Kier alpha value is -0.200. The first-order valence-corrected chi connectivity index (χ1v) is 4.79. The average Bonchev–Trinajstić information content (AvgIpc) is 2.56. The predicted molar refractivity (Wildman–Crippen MR) is 49.9 cm³/mol. The van der Waals surface area contributed by atoms with E-state index in [4.69, 9.17) is 5.73 Å². The molecule has 0 bridgehead atoms. The van der Waals surface area contributed by atoms with Crippen molar-refractivity contribution in [3.8, 4) is 0 Å². The van der Waals surface area contributed by atoms with Gasteiger partial charge in [0.15, 0.2) is 0 Å². The molecule has 2 rings (SSSR count). The van der Waals surface area contributed by atoms with Crippen molar-refractivity contribution < 1.29 is 5.11 Å². The van der Waals surface area contributed by atoms with Crippen molar-refractivity contribution in [1.29, 1.82) is 0 Å². The molecule has 0 aromatic rings. The zero-order valence-electron chi connectivity index (χ0n) is 7.90. The number of hydrogen-bond acceptors (Lipinski definition) is 5. The molecular weight excluding hydrogens is 168 g/mol. The second-order valence-electron chi connectivity index (χ2n) is 3.98. The highest BCUT2D eigenvalue weighted by molar-refractivity contribution is 5.01. The Kier molecular flexibility index (Phi) is 2.53. The van der Waals surface area contributed by atoms with Gasteiger partial charge in [-0.2, -0.15) is 0 Å². The molecule has 13 heavy (non-hydrogen) atoms. The fourth-order valence-corrected chi connectivity index (χ4v) is 2.45. The molecule has 0 amide bonds. The Morgan fingerprint density at radius 1 is 1.54 bits per heavy atom. The topological polar surface area (TPSA) is 73.5 Å². The Labute approximate surface area is 78.3 Å². The molecule has 2 aliphatic heterocycles. The Balaban J connectivity index is 2.11. The average molecular weight is 186 g/mol. The molecule has 0 radical (unpaired) electrons. The summed E-state index contributed by atoms with van der Waals surface area (Å²) < 4.78 is 0. The first kappa shape index (κ1) is 9.36. The fourth-order valence-electron chi connectivity index (χ4n) is 2.45. The van der Waals surface area contributed by atoms with Gasteiger partial charge in [-0.25, -0.2) is 0 Å². The van der Waals surface area contributed by atoms with Crippen LogP contribution in [0.1, 0.15) is 0 Å². The summed E-state index contributed by atoms with van der Waals surface area (Å²) in [4.78, 5) is 2.22. The zero-order chi connectivity index (χ0) is 9.42. The van der Waals surface area contributed by atoms with Crippen LogP contribution in [0.3, 0.4) is 0 Å². The summed E-state index contributed by atoms with van der Waals surface area (Å²) in [6.45, 7) is 2.33. The van der Waals surface area contributed by atoms with Crippen LogP contribution in [0.4, 0.5) is 0 Å². The highest BCUT2D eigenvalue weighted by Crippen LogP contribution is 2.23. The van der Waals surface area contributed by atoms with E-state index in [1.807, 2.05) is 0 Å². The summed E-state index contributed by atoms with van der Waals surface area (Å²) in [5.74, 6) is 0.465. The van der Waals surface area contributed by atoms with Crippen molar-refractivity contribution >= 4 is 0 Å². The van der Waals surface area contributed by atoms with E-state index >= 15 is 0 Å². The predicted octanol–water partition coefficient (Wildman–Crippen LogP) is -2.29. The minimum absolute atomic E-state index is 0.132. The fraction of sp³-hybridized carbons (Fsp3) is 1.00. The lowest BCUT2D eigenvalue weighted by Crippen LogP contribution is -2.63. The molecule has 2 fully saturated rings. The maximum Gasteiger partial charge on any atom is 0.122 e. The van der Waals surface area contributed by atoms with Crippen molar-refractivity contribution in [3.63, 3.8) is 0 Å². The molecule has 4 atom stereocenters. The summed E-state index contributed by atoms with van der Waals surface area (Å²) >= 11 is 0. The summed E-state index contributed by atoms with van der Waals surface area (Å²) in [7, 11) is 2.06. The minimum atomic E-state index is -0.433. The van der Waals surface area contributed by atoms with Gasteiger partial charge < -0.3 is 16.2 Å². The van der Waals surface area contributed by atoms with Gasteiger partial charge in [0.1, 0.15) is 6.23 Å². The number of hydrogen-bond donors (Lipinski definition) is 4. The van der Waals surface area contributed by atoms with Crippen molar-refractivity contribution in [2.45, 2.75) is 18.3 Å². The molecule has 2 aliphatic rings. The second-order valence-corrected chi connectivity index (χ2v) is 3.98. The molecule has 0 aromatic heterocycles. The van der Waals surface area contributed by atoms with Gasteiger partial charge in [0.2, 0.25) is 0 Å². The standard InChI is InChI=1S/C8H18N4O/c1-12-4-11-8(13)6-7(12)5(2-9)3-10-6/h5-8,10-11,13H,2-4,9H2,1H3. The summed E-state index contributed by atoms with van der Waals surface area (Å²) in [5, 5.41) is 16.0. The van der Waals surface area contributed by atoms with E-state index in [2.05, 4.69) is 22.6 Å². The monoisotopic (exact) mass is 186 g/mol. The van der Waals surface area contributed by atoms with Crippen molar-refractivity contribution in [1.82, 2.24) is 15.5 Å². The summed E-state index contributed by atoms with van der Waals surface area (Å²) in [5.41, 5.74) is 5.68. The molecule has 4 unspecified atom stereocenters. The van der Waals surface area contributed by atoms with Crippen LogP contribution < -0.4 is 16.4 Å². The Bertz CT molecular complexity index is 189. The van der Waals surface area contributed by atoms with Crippen molar-refractivity contribution in [2.24, 2.45) is 11.7 Å². The molecule has 0 spiro atoms. The Morgan fingerprint density at radius 2 is 2.31 bits per heavy atom. The third kappa shape index (κ3) is 1.47. The SMILES string of the molecule is CN1CNC(O)C2NCC(CN)C21. The second kappa shape index (κ2) is 3.51. The van der Waals surface area contributed by atoms with E-state index in [1.54, 1.807) is 0 Å². The molecule has 5 nitrogen and oxygen atoms in total. The normalized spacial score (nSPS) is 46.4. The van der Waals surface area contributed by atoms with Gasteiger partial charge in [0.25, 0.3) is 0 Å². The number of likely N-dealkylation sites (N-methyl/N-ethyl adjacent to an activating group) is 1. The maximum atomic E-state index is 9.67. The van der Waals surface area contributed by atoms with Crippen LogP contribution in [0.15, 0.2) is 0 Å². The Morgan fingerprint density at radius 3 is 3.00 bits per heavy atom. The highest BCUT2D eigenvalue weighted by atomic mass is 16.3. The number of aliphatic hydroxyl groups is 1. The number of nitrogens with zero attached hydrogens (tertiary/aromatic N) is 1. The maximum absolute atomic E-state index is 9.67. The molecule has 5 N–H and O–H groups in total. The molecule has 0 aromatic carbocycles. The van der Waals surface area contributed by atoms with E-state index in [1.165, 1.54) is 0 Å². The largest absolute Gasteiger partial charge is 0.377 e. The van der Waals surface area contributed by atoms with Crippen LogP contribution in [0.5, 0.6) is 0 Å². The van der Waals surface area contributed by atoms with Gasteiger partial charge in [-0.15, -0.1) is 0 Å². The van der Waals surface area contributed by atoms with Crippen molar-refractivity contribution in [3.05, 3.63) is 0 Å². The van der Waals surface area contributed by atoms with Crippen LogP contribution in [0.25, 0.3) is 0 Å². The lowest BCUT2D eigenvalue weighted by molar-refractivity contribution is 0.00134. The number of aliphatic hydroxyl groups excluding tert-OH is 1. The molecule has 5 heteroatoms. The molecule has 76 valence electrons. The third-order valence-corrected chi connectivity index (χ3v) is 3.17. The molecular formula is C8H18N4O. The van der Waals surface area contributed by atoms with Gasteiger partial charge in [-0.1, -0.05) is 0 Å². The molecule has 0 aliphatic carbocycles.